The van der Waals surface area contributed by atoms with E-state index in [9.17, 15) is 4.79 Å². The van der Waals surface area contributed by atoms with Crippen LogP contribution in [0.2, 0.25) is 0 Å². The Balaban J connectivity index is 2.63. The first-order chi connectivity index (χ1) is 8.69. The van der Waals surface area contributed by atoms with Crippen LogP contribution in [0.5, 0.6) is 0 Å². The number of nitrogens with zero attached hydrogens (tertiary/aromatic N) is 1. The number of aryl methyl sites for hydroxylation is 1. The number of aromatic nitrogens is 2. The third kappa shape index (κ3) is 3.00. The Labute approximate surface area is 122 Å². The molecule has 0 aliphatic carbocycles. The van der Waals surface area contributed by atoms with Crippen LogP contribution in [0.25, 0.3) is 10.2 Å². The summed E-state index contributed by atoms with van der Waals surface area (Å²) in [6.07, 6.45) is 0.949. The molecule has 1 atom stereocenters. The number of aromatic amines is 1. The van der Waals surface area contributed by atoms with E-state index in [-0.39, 0.29) is 16.4 Å². The molecule has 0 spiro atoms. The van der Waals surface area contributed by atoms with Crippen molar-refractivity contribution in [2.45, 2.75) is 46.4 Å². The molecule has 2 aromatic rings. The minimum atomic E-state index is -0.287. The molecule has 0 bridgehead atoms. The summed E-state index contributed by atoms with van der Waals surface area (Å²) in [5.41, 5.74) is 1.17. The first kappa shape index (κ1) is 14.5. The summed E-state index contributed by atoms with van der Waals surface area (Å²) in [7, 11) is 0. The van der Waals surface area contributed by atoms with Crippen LogP contribution >= 0.6 is 22.9 Å². The molecule has 3 nitrogen and oxygen atoms in total. The van der Waals surface area contributed by atoms with Crippen LogP contribution in [0, 0.1) is 12.3 Å². The van der Waals surface area contributed by atoms with Crippen molar-refractivity contribution in [3.8, 4) is 0 Å². The molecule has 0 radical (unpaired) electrons. The number of hydrogen-bond acceptors (Lipinski definition) is 3. The van der Waals surface area contributed by atoms with Crippen molar-refractivity contribution < 1.29 is 0 Å². The standard InChI is InChI=1S/C14H19ClN2OS/c1-7-9(6-14(3,4)5)19-13-10(7)12(18)16-11(17-13)8(2)15/h8H,6H2,1-5H3,(H,16,17,18). The summed E-state index contributed by atoms with van der Waals surface area (Å²) >= 11 is 7.61. The summed E-state index contributed by atoms with van der Waals surface area (Å²) < 4.78 is 0. The smallest absolute Gasteiger partial charge is 0.259 e. The van der Waals surface area contributed by atoms with Gasteiger partial charge in [-0.25, -0.2) is 4.98 Å². The molecular formula is C14H19ClN2OS. The lowest BCUT2D eigenvalue weighted by molar-refractivity contribution is 0.414. The highest BCUT2D eigenvalue weighted by Crippen LogP contribution is 2.33. The van der Waals surface area contributed by atoms with Gasteiger partial charge in [-0.2, -0.15) is 0 Å². The van der Waals surface area contributed by atoms with Gasteiger partial charge in [0.2, 0.25) is 0 Å². The molecule has 0 saturated carbocycles. The number of hydrogen-bond donors (Lipinski definition) is 1. The van der Waals surface area contributed by atoms with Crippen molar-refractivity contribution in [3.63, 3.8) is 0 Å². The number of thiophene rings is 1. The van der Waals surface area contributed by atoms with Gasteiger partial charge in [-0.05, 0) is 31.2 Å². The SMILES string of the molecule is Cc1c(CC(C)(C)C)sc2nc(C(C)Cl)[nH]c(=O)c12. The van der Waals surface area contributed by atoms with Gasteiger partial charge >= 0.3 is 0 Å². The van der Waals surface area contributed by atoms with Crippen molar-refractivity contribution in [2.24, 2.45) is 5.41 Å². The Kier molecular flexibility index (Phi) is 3.76. The van der Waals surface area contributed by atoms with E-state index in [0.717, 1.165) is 16.8 Å². The van der Waals surface area contributed by atoms with Gasteiger partial charge < -0.3 is 4.98 Å². The maximum atomic E-state index is 12.2. The van der Waals surface area contributed by atoms with E-state index in [1.54, 1.807) is 11.3 Å². The van der Waals surface area contributed by atoms with Crippen molar-refractivity contribution in [3.05, 3.63) is 26.6 Å². The van der Waals surface area contributed by atoms with E-state index in [0.29, 0.717) is 11.2 Å². The first-order valence-electron chi connectivity index (χ1n) is 6.35. The van der Waals surface area contributed by atoms with Gasteiger partial charge in [0, 0.05) is 4.88 Å². The summed E-state index contributed by atoms with van der Waals surface area (Å²) in [5.74, 6) is 0.544. The van der Waals surface area contributed by atoms with Crippen LogP contribution in [0.4, 0.5) is 0 Å². The summed E-state index contributed by atoms with van der Waals surface area (Å²) in [6, 6.07) is 0. The number of alkyl halides is 1. The minimum Gasteiger partial charge on any atom is -0.309 e. The first-order valence-corrected chi connectivity index (χ1v) is 7.60. The molecule has 0 saturated heterocycles. The highest BCUT2D eigenvalue weighted by atomic mass is 35.5. The van der Waals surface area contributed by atoms with Crippen LogP contribution in [0.15, 0.2) is 4.79 Å². The normalized spacial score (nSPS) is 14.0. The van der Waals surface area contributed by atoms with Crippen molar-refractivity contribution >= 4 is 33.2 Å². The van der Waals surface area contributed by atoms with Gasteiger partial charge in [0.25, 0.3) is 5.56 Å². The van der Waals surface area contributed by atoms with E-state index in [1.165, 1.54) is 4.88 Å². The van der Waals surface area contributed by atoms with Crippen LogP contribution in [0.1, 0.15) is 49.3 Å². The molecule has 1 N–H and O–H groups in total. The summed E-state index contributed by atoms with van der Waals surface area (Å²) in [6.45, 7) is 10.4. The van der Waals surface area contributed by atoms with Crippen LogP contribution in [-0.4, -0.2) is 9.97 Å². The minimum absolute atomic E-state index is 0.0820. The van der Waals surface area contributed by atoms with E-state index in [2.05, 4.69) is 30.7 Å². The van der Waals surface area contributed by atoms with Crippen LogP contribution < -0.4 is 5.56 Å². The fraction of sp³-hybridized carbons (Fsp3) is 0.571. The number of H-pyrrole nitrogens is 1. The average Bonchev–Trinajstić information content (AvgIpc) is 2.53. The zero-order valence-corrected chi connectivity index (χ0v) is 13.5. The lowest BCUT2D eigenvalue weighted by Gasteiger charge is -2.17. The lowest BCUT2D eigenvalue weighted by atomic mass is 9.90. The number of halogens is 1. The largest absolute Gasteiger partial charge is 0.309 e. The van der Waals surface area contributed by atoms with Crippen molar-refractivity contribution in [2.75, 3.05) is 0 Å². The van der Waals surface area contributed by atoms with Gasteiger partial charge in [0.05, 0.1) is 10.8 Å². The van der Waals surface area contributed by atoms with E-state index in [1.807, 2.05) is 13.8 Å². The predicted octanol–water partition coefficient (Wildman–Crippen LogP) is 4.18. The lowest BCUT2D eigenvalue weighted by Crippen LogP contribution is -2.12. The Hall–Kier alpha value is -0.870. The van der Waals surface area contributed by atoms with E-state index >= 15 is 0 Å². The van der Waals surface area contributed by atoms with Gasteiger partial charge in [-0.15, -0.1) is 22.9 Å². The topological polar surface area (TPSA) is 45.8 Å². The number of nitrogens with one attached hydrogen (secondary N) is 1. The van der Waals surface area contributed by atoms with Gasteiger partial charge in [0.1, 0.15) is 10.7 Å². The highest BCUT2D eigenvalue weighted by Gasteiger charge is 2.19. The highest BCUT2D eigenvalue weighted by molar-refractivity contribution is 7.18. The quantitative estimate of drug-likeness (QED) is 0.845. The second kappa shape index (κ2) is 4.91. The molecule has 2 aromatic heterocycles. The summed E-state index contributed by atoms with van der Waals surface area (Å²) in [5, 5.41) is 0.427. The van der Waals surface area contributed by atoms with Gasteiger partial charge in [0.15, 0.2) is 0 Å². The second-order valence-electron chi connectivity index (χ2n) is 6.13. The van der Waals surface area contributed by atoms with Gasteiger partial charge in [-0.1, -0.05) is 20.8 Å². The molecular weight excluding hydrogens is 280 g/mol. The van der Waals surface area contributed by atoms with Gasteiger partial charge in [-0.3, -0.25) is 4.79 Å². The molecule has 0 fully saturated rings. The Morgan fingerprint density at radius 2 is 2.05 bits per heavy atom. The summed E-state index contributed by atoms with van der Waals surface area (Å²) in [4.78, 5) is 21.4. The predicted molar refractivity (Wildman–Crippen MR) is 82.4 cm³/mol. The molecule has 19 heavy (non-hydrogen) atoms. The molecule has 1 unspecified atom stereocenters. The molecule has 2 rings (SSSR count). The molecule has 0 aliphatic rings. The Morgan fingerprint density at radius 1 is 1.42 bits per heavy atom. The van der Waals surface area contributed by atoms with Crippen molar-refractivity contribution in [1.82, 2.24) is 9.97 Å². The maximum absolute atomic E-state index is 12.2. The van der Waals surface area contributed by atoms with Crippen LogP contribution in [-0.2, 0) is 6.42 Å². The Morgan fingerprint density at radius 3 is 2.58 bits per heavy atom. The molecule has 5 heteroatoms. The zero-order valence-electron chi connectivity index (χ0n) is 11.9. The fourth-order valence-corrected chi connectivity index (χ4v) is 3.63. The molecule has 0 aromatic carbocycles. The fourth-order valence-electron chi connectivity index (χ4n) is 2.05. The van der Waals surface area contributed by atoms with E-state index in [4.69, 9.17) is 11.6 Å². The molecule has 2 heterocycles. The van der Waals surface area contributed by atoms with Crippen LogP contribution in [0.3, 0.4) is 0 Å². The maximum Gasteiger partial charge on any atom is 0.259 e. The zero-order chi connectivity index (χ0) is 14.4. The Bertz CT molecular complexity index is 664. The van der Waals surface area contributed by atoms with E-state index < -0.39 is 0 Å². The molecule has 104 valence electrons. The second-order valence-corrected chi connectivity index (χ2v) is 7.87. The third-order valence-corrected chi connectivity index (χ3v) is 4.38. The average molecular weight is 299 g/mol. The number of fused-ring (bicyclic) bond motifs is 1. The van der Waals surface area contributed by atoms with Crippen molar-refractivity contribution in [1.29, 1.82) is 0 Å². The molecule has 0 aliphatic heterocycles. The monoisotopic (exact) mass is 298 g/mol. The third-order valence-electron chi connectivity index (χ3n) is 2.99. The molecule has 0 amide bonds. The number of rotatable bonds is 2.